The molecule has 1 saturated carbocycles. The zero-order chi connectivity index (χ0) is 32.3. The second-order valence-corrected chi connectivity index (χ2v) is 12.8. The Balaban J connectivity index is 1.02. The summed E-state index contributed by atoms with van der Waals surface area (Å²) in [7, 11) is 0. The lowest BCUT2D eigenvalue weighted by Gasteiger charge is -2.43. The Morgan fingerprint density at radius 2 is 1.72 bits per heavy atom. The van der Waals surface area contributed by atoms with Crippen LogP contribution in [-0.2, 0) is 11.3 Å². The number of aromatic nitrogens is 8. The molecule has 7 rings (SSSR count). The van der Waals surface area contributed by atoms with Crippen LogP contribution in [0.5, 0.6) is 11.6 Å². The first-order valence-electron chi connectivity index (χ1n) is 16.0. The summed E-state index contributed by atoms with van der Waals surface area (Å²) in [4.78, 5) is 11.6. The third-order valence-electron chi connectivity index (χ3n) is 9.13. The van der Waals surface area contributed by atoms with Crippen molar-refractivity contribution in [3.05, 3.63) is 48.1 Å². The van der Waals surface area contributed by atoms with Crippen molar-refractivity contribution in [2.45, 2.75) is 88.7 Å². The second-order valence-electron chi connectivity index (χ2n) is 12.4. The third-order valence-corrected chi connectivity index (χ3v) is 9.44. The standard InChI is InChI=1S/C31H37ClF2N10O3/c1-19(13-42-18-37-40-41-42)47-28-10-20(2-9-26(28)32)21-11-35-31(36-12-21)38-27-14-43(39-30(27)46-17-29(33)34)22-3-5-23(6-4-22)44-24-7-8-25(44)16-45-15-24/h2,9-12,14,18-19,22-25,29H,3-8,13,15-17H2,1H3,(H,35,36,38)/t19?,22-,23-,24-,25+. The lowest BCUT2D eigenvalue weighted by Crippen LogP contribution is -2.52. The topological polar surface area (TPSA) is 130 Å². The van der Waals surface area contributed by atoms with Crippen molar-refractivity contribution in [2.75, 3.05) is 25.1 Å². The summed E-state index contributed by atoms with van der Waals surface area (Å²) in [6.07, 6.45) is 10.2. The lowest BCUT2D eigenvalue weighted by atomic mass is 9.89. The highest BCUT2D eigenvalue weighted by molar-refractivity contribution is 6.32. The Hall–Kier alpha value is -3.95. The highest BCUT2D eigenvalue weighted by Crippen LogP contribution is 2.39. The van der Waals surface area contributed by atoms with E-state index in [9.17, 15) is 8.78 Å². The zero-order valence-corrected chi connectivity index (χ0v) is 26.7. The van der Waals surface area contributed by atoms with Gasteiger partial charge in [-0.2, -0.15) is 0 Å². The molecular formula is C31H37ClF2N10O3. The molecule has 0 amide bonds. The van der Waals surface area contributed by atoms with E-state index in [0.717, 1.165) is 50.0 Å². The minimum absolute atomic E-state index is 0.0987. The summed E-state index contributed by atoms with van der Waals surface area (Å²) in [5, 5.41) is 19.3. The molecule has 3 fully saturated rings. The van der Waals surface area contributed by atoms with Crippen molar-refractivity contribution in [3.63, 3.8) is 0 Å². The number of halogens is 3. The summed E-state index contributed by atoms with van der Waals surface area (Å²) >= 11 is 6.41. The molecule has 1 unspecified atom stereocenters. The Kier molecular flexibility index (Phi) is 9.45. The van der Waals surface area contributed by atoms with E-state index in [1.54, 1.807) is 29.3 Å². The van der Waals surface area contributed by atoms with Gasteiger partial charge in [-0.15, -0.1) is 10.2 Å². The molecule has 47 heavy (non-hydrogen) atoms. The number of anilines is 2. The molecule has 3 atom stereocenters. The third kappa shape index (κ3) is 7.31. The number of nitrogens with one attached hydrogen (secondary N) is 1. The minimum Gasteiger partial charge on any atom is -0.487 e. The number of fused-ring (bicyclic) bond motifs is 2. The molecule has 2 saturated heterocycles. The Labute approximate surface area is 275 Å². The number of ether oxygens (including phenoxy) is 3. The number of alkyl halides is 2. The van der Waals surface area contributed by atoms with Gasteiger partial charge in [0.1, 0.15) is 23.9 Å². The number of hydrogen-bond donors (Lipinski definition) is 1. The SMILES string of the molecule is CC(Cn1cnnn1)Oc1cc(-c2cnc(Nc3cn([C@H]4CC[C@H](N5[C@@H]6CC[C@H]5COC6)CC4)nc3OCC(F)F)nc2)ccc1Cl. The predicted octanol–water partition coefficient (Wildman–Crippen LogP) is 5.18. The van der Waals surface area contributed by atoms with Crippen molar-refractivity contribution in [1.29, 1.82) is 0 Å². The van der Waals surface area contributed by atoms with E-state index >= 15 is 0 Å². The van der Waals surface area contributed by atoms with E-state index in [2.05, 4.69) is 40.8 Å². The molecule has 13 nitrogen and oxygen atoms in total. The molecular weight excluding hydrogens is 634 g/mol. The van der Waals surface area contributed by atoms with Gasteiger partial charge in [0, 0.05) is 36.1 Å². The monoisotopic (exact) mass is 670 g/mol. The summed E-state index contributed by atoms with van der Waals surface area (Å²) in [6.45, 7) is 3.25. The number of nitrogens with zero attached hydrogens (tertiary/aromatic N) is 9. The van der Waals surface area contributed by atoms with Gasteiger partial charge >= 0.3 is 0 Å². The largest absolute Gasteiger partial charge is 0.487 e. The molecule has 4 aromatic rings. The molecule has 5 heterocycles. The average molecular weight is 671 g/mol. The first-order chi connectivity index (χ1) is 22.9. The fraction of sp³-hybridized carbons (Fsp3) is 0.548. The van der Waals surface area contributed by atoms with Gasteiger partial charge in [0.05, 0.1) is 37.0 Å². The van der Waals surface area contributed by atoms with Crippen molar-refractivity contribution < 1.29 is 23.0 Å². The van der Waals surface area contributed by atoms with Crippen LogP contribution in [0.2, 0.25) is 5.02 Å². The van der Waals surface area contributed by atoms with Gasteiger partial charge in [-0.25, -0.2) is 23.4 Å². The Morgan fingerprint density at radius 1 is 1.00 bits per heavy atom. The van der Waals surface area contributed by atoms with Gasteiger partial charge in [0.25, 0.3) is 12.3 Å². The van der Waals surface area contributed by atoms with Crippen molar-refractivity contribution in [1.82, 2.24) is 44.9 Å². The van der Waals surface area contributed by atoms with E-state index in [1.807, 2.05) is 23.7 Å². The van der Waals surface area contributed by atoms with Gasteiger partial charge in [-0.1, -0.05) is 17.7 Å². The molecule has 2 aliphatic heterocycles. The second kappa shape index (κ2) is 14.0. The molecule has 3 aliphatic rings. The van der Waals surface area contributed by atoms with Gasteiger partial charge in [-0.3, -0.25) is 9.58 Å². The quantitative estimate of drug-likeness (QED) is 0.214. The highest BCUT2D eigenvalue weighted by Gasteiger charge is 2.42. The van der Waals surface area contributed by atoms with E-state index in [4.69, 9.17) is 25.8 Å². The number of tetrazole rings is 1. The van der Waals surface area contributed by atoms with Gasteiger partial charge < -0.3 is 19.5 Å². The fourth-order valence-electron chi connectivity index (χ4n) is 6.99. The summed E-state index contributed by atoms with van der Waals surface area (Å²) in [5.74, 6) is 0.885. The first kappa shape index (κ1) is 31.6. The molecule has 1 aromatic carbocycles. The fourth-order valence-corrected chi connectivity index (χ4v) is 7.15. The maximum Gasteiger partial charge on any atom is 0.272 e. The van der Waals surface area contributed by atoms with Gasteiger partial charge in [0.15, 0.2) is 6.61 Å². The van der Waals surface area contributed by atoms with Gasteiger partial charge in [-0.05, 0) is 73.6 Å². The van der Waals surface area contributed by atoms with E-state index in [1.165, 1.54) is 19.2 Å². The van der Waals surface area contributed by atoms with Crippen LogP contribution >= 0.6 is 11.6 Å². The predicted molar refractivity (Wildman–Crippen MR) is 168 cm³/mol. The molecule has 1 aliphatic carbocycles. The van der Waals surface area contributed by atoms with Crippen LogP contribution in [0, 0.1) is 0 Å². The first-order valence-corrected chi connectivity index (χ1v) is 16.4. The zero-order valence-electron chi connectivity index (χ0n) is 26.0. The number of benzene rings is 1. The van der Waals surface area contributed by atoms with E-state index in [0.29, 0.717) is 41.1 Å². The molecule has 0 radical (unpaired) electrons. The van der Waals surface area contributed by atoms with Gasteiger partial charge in [0.2, 0.25) is 5.95 Å². The summed E-state index contributed by atoms with van der Waals surface area (Å²) < 4.78 is 46.9. The van der Waals surface area contributed by atoms with E-state index < -0.39 is 13.0 Å². The summed E-state index contributed by atoms with van der Waals surface area (Å²) in [5.41, 5.74) is 1.98. The average Bonchev–Trinajstić information content (AvgIpc) is 3.79. The Morgan fingerprint density at radius 3 is 2.43 bits per heavy atom. The smallest absolute Gasteiger partial charge is 0.272 e. The highest BCUT2D eigenvalue weighted by atomic mass is 35.5. The number of morpholine rings is 1. The van der Waals surface area contributed by atoms with Crippen LogP contribution in [0.1, 0.15) is 51.5 Å². The minimum atomic E-state index is -2.63. The van der Waals surface area contributed by atoms with Crippen LogP contribution in [0.15, 0.2) is 43.1 Å². The normalized spacial score (nSPS) is 23.6. The van der Waals surface area contributed by atoms with Crippen LogP contribution in [0.3, 0.4) is 0 Å². The molecule has 2 bridgehead atoms. The molecule has 3 aromatic heterocycles. The number of rotatable bonds is 12. The van der Waals surface area contributed by atoms with Crippen LogP contribution in [0.25, 0.3) is 11.1 Å². The molecule has 0 spiro atoms. The van der Waals surface area contributed by atoms with Crippen molar-refractivity contribution in [2.24, 2.45) is 0 Å². The molecule has 16 heteroatoms. The summed E-state index contributed by atoms with van der Waals surface area (Å²) in [6, 6.07) is 7.19. The number of hydrogen-bond acceptors (Lipinski definition) is 11. The van der Waals surface area contributed by atoms with Crippen molar-refractivity contribution >= 4 is 23.2 Å². The molecule has 1 N–H and O–H groups in total. The van der Waals surface area contributed by atoms with Crippen LogP contribution in [-0.4, -0.2) is 95.3 Å². The van der Waals surface area contributed by atoms with E-state index in [-0.39, 0.29) is 24.0 Å². The Bertz CT molecular complexity index is 1600. The molecule has 250 valence electrons. The lowest BCUT2D eigenvalue weighted by molar-refractivity contribution is -0.0458. The van der Waals surface area contributed by atoms with Crippen LogP contribution < -0.4 is 14.8 Å². The maximum absolute atomic E-state index is 13.1. The van der Waals surface area contributed by atoms with Crippen LogP contribution in [0.4, 0.5) is 20.4 Å². The maximum atomic E-state index is 13.1. The van der Waals surface area contributed by atoms with Crippen molar-refractivity contribution in [3.8, 4) is 22.8 Å².